The standard InChI is InChI=1S/C24H40N4O2/c1-20-7-5-12-28(16-20)17-23-9-4-3-8-22(23)15-27-24(25-2)26-11-6-13-29-18-21-10-14-30-19-21/h3-4,8-9,20-21H,5-7,10-19H2,1-2H3,(H2,25,26,27). The van der Waals surface area contributed by atoms with Crippen molar-refractivity contribution < 1.29 is 9.47 Å². The van der Waals surface area contributed by atoms with E-state index in [1.54, 1.807) is 0 Å². The van der Waals surface area contributed by atoms with Crippen LogP contribution in [0.1, 0.15) is 43.7 Å². The SMILES string of the molecule is CN=C(NCCCOCC1CCOC1)NCc1ccccc1CN1CCCC(C)C1. The lowest BCUT2D eigenvalue weighted by Crippen LogP contribution is -2.38. The number of rotatable bonds is 10. The van der Waals surface area contributed by atoms with Crippen LogP contribution in [0.3, 0.4) is 0 Å². The molecule has 2 fully saturated rings. The Morgan fingerprint density at radius 1 is 1.23 bits per heavy atom. The molecule has 30 heavy (non-hydrogen) atoms. The minimum Gasteiger partial charge on any atom is -0.381 e. The Balaban J connectivity index is 1.36. The van der Waals surface area contributed by atoms with Gasteiger partial charge in [0.15, 0.2) is 5.96 Å². The maximum atomic E-state index is 5.77. The number of hydrogen-bond acceptors (Lipinski definition) is 4. The Bertz CT molecular complexity index is 646. The predicted molar refractivity (Wildman–Crippen MR) is 123 cm³/mol. The molecule has 2 N–H and O–H groups in total. The molecule has 2 unspecified atom stereocenters. The number of aliphatic imine (C=N–C) groups is 1. The Morgan fingerprint density at radius 3 is 2.87 bits per heavy atom. The molecular weight excluding hydrogens is 376 g/mol. The average molecular weight is 417 g/mol. The molecule has 2 heterocycles. The van der Waals surface area contributed by atoms with Gasteiger partial charge in [0, 0.05) is 52.4 Å². The van der Waals surface area contributed by atoms with Gasteiger partial charge in [0.25, 0.3) is 0 Å². The summed E-state index contributed by atoms with van der Waals surface area (Å²) in [6.07, 6.45) is 4.78. The van der Waals surface area contributed by atoms with Gasteiger partial charge >= 0.3 is 0 Å². The summed E-state index contributed by atoms with van der Waals surface area (Å²) in [5.41, 5.74) is 2.76. The van der Waals surface area contributed by atoms with Crippen molar-refractivity contribution in [3.63, 3.8) is 0 Å². The molecule has 6 nitrogen and oxygen atoms in total. The highest BCUT2D eigenvalue weighted by Gasteiger charge is 2.17. The smallest absolute Gasteiger partial charge is 0.191 e. The minimum atomic E-state index is 0.584. The Kier molecular flexibility index (Phi) is 9.93. The summed E-state index contributed by atoms with van der Waals surface area (Å²) in [5.74, 6) is 2.24. The number of nitrogens with zero attached hydrogens (tertiary/aromatic N) is 2. The van der Waals surface area contributed by atoms with Crippen LogP contribution < -0.4 is 10.6 Å². The largest absolute Gasteiger partial charge is 0.381 e. The lowest BCUT2D eigenvalue weighted by Gasteiger charge is -2.31. The minimum absolute atomic E-state index is 0.584. The Hall–Kier alpha value is -1.63. The van der Waals surface area contributed by atoms with Crippen molar-refractivity contribution in [1.82, 2.24) is 15.5 Å². The topological polar surface area (TPSA) is 58.1 Å². The highest BCUT2D eigenvalue weighted by Crippen LogP contribution is 2.19. The van der Waals surface area contributed by atoms with Crippen LogP contribution in [-0.2, 0) is 22.6 Å². The van der Waals surface area contributed by atoms with Gasteiger partial charge in [-0.3, -0.25) is 9.89 Å². The molecule has 1 aromatic carbocycles. The Morgan fingerprint density at radius 2 is 2.10 bits per heavy atom. The quantitative estimate of drug-likeness (QED) is 0.349. The third-order valence-electron chi connectivity index (χ3n) is 6.06. The van der Waals surface area contributed by atoms with Crippen molar-refractivity contribution in [3.05, 3.63) is 35.4 Å². The molecule has 0 aromatic heterocycles. The summed E-state index contributed by atoms with van der Waals surface area (Å²) >= 11 is 0. The van der Waals surface area contributed by atoms with Crippen LogP contribution in [0.5, 0.6) is 0 Å². The van der Waals surface area contributed by atoms with Crippen molar-refractivity contribution in [2.45, 2.75) is 45.7 Å². The first-order chi connectivity index (χ1) is 14.7. The average Bonchev–Trinajstić information content (AvgIpc) is 3.27. The van der Waals surface area contributed by atoms with Crippen molar-refractivity contribution in [2.75, 3.05) is 53.1 Å². The van der Waals surface area contributed by atoms with Crippen LogP contribution in [0.4, 0.5) is 0 Å². The molecule has 3 rings (SSSR count). The highest BCUT2D eigenvalue weighted by molar-refractivity contribution is 5.79. The molecule has 168 valence electrons. The van der Waals surface area contributed by atoms with Gasteiger partial charge in [0.2, 0.25) is 0 Å². The second-order valence-electron chi connectivity index (χ2n) is 8.76. The van der Waals surface area contributed by atoms with Gasteiger partial charge in [-0.15, -0.1) is 0 Å². The van der Waals surface area contributed by atoms with E-state index in [2.05, 4.69) is 51.7 Å². The second-order valence-corrected chi connectivity index (χ2v) is 8.76. The van der Waals surface area contributed by atoms with Crippen LogP contribution in [0.15, 0.2) is 29.3 Å². The maximum absolute atomic E-state index is 5.77. The summed E-state index contributed by atoms with van der Waals surface area (Å²) in [6, 6.07) is 8.77. The second kappa shape index (κ2) is 12.9. The first-order valence-electron chi connectivity index (χ1n) is 11.6. The van der Waals surface area contributed by atoms with E-state index in [1.807, 2.05) is 7.05 Å². The number of piperidine rings is 1. The Labute approximate surface area is 182 Å². The van der Waals surface area contributed by atoms with E-state index >= 15 is 0 Å². The molecule has 0 aliphatic carbocycles. The molecule has 0 spiro atoms. The monoisotopic (exact) mass is 416 g/mol. The summed E-state index contributed by atoms with van der Waals surface area (Å²) < 4.78 is 11.2. The molecule has 0 amide bonds. The lowest BCUT2D eigenvalue weighted by atomic mass is 9.99. The predicted octanol–water partition coefficient (Wildman–Crippen LogP) is 3.03. The number of ether oxygens (including phenoxy) is 2. The molecule has 0 saturated carbocycles. The normalized spacial score (nSPS) is 22.9. The van der Waals surface area contributed by atoms with E-state index in [0.29, 0.717) is 5.92 Å². The first kappa shape index (κ1) is 23.0. The summed E-state index contributed by atoms with van der Waals surface area (Å²) in [5, 5.41) is 6.87. The van der Waals surface area contributed by atoms with Crippen molar-refractivity contribution >= 4 is 5.96 Å². The fraction of sp³-hybridized carbons (Fsp3) is 0.708. The van der Waals surface area contributed by atoms with Crippen LogP contribution in [-0.4, -0.2) is 64.0 Å². The number of benzene rings is 1. The molecule has 2 aliphatic heterocycles. The zero-order chi connectivity index (χ0) is 21.0. The van der Waals surface area contributed by atoms with Crippen molar-refractivity contribution in [1.29, 1.82) is 0 Å². The van der Waals surface area contributed by atoms with Gasteiger partial charge in [-0.25, -0.2) is 0 Å². The third kappa shape index (κ3) is 7.89. The number of hydrogen-bond donors (Lipinski definition) is 2. The van der Waals surface area contributed by atoms with Gasteiger partial charge in [-0.05, 0) is 49.3 Å². The fourth-order valence-electron chi connectivity index (χ4n) is 4.30. The molecule has 6 heteroatoms. The van der Waals surface area contributed by atoms with Crippen molar-refractivity contribution in [3.8, 4) is 0 Å². The summed E-state index contributed by atoms with van der Waals surface area (Å²) in [6.45, 7) is 10.8. The summed E-state index contributed by atoms with van der Waals surface area (Å²) in [4.78, 5) is 6.96. The summed E-state index contributed by atoms with van der Waals surface area (Å²) in [7, 11) is 1.83. The zero-order valence-corrected chi connectivity index (χ0v) is 18.9. The van der Waals surface area contributed by atoms with Crippen LogP contribution in [0, 0.1) is 11.8 Å². The van der Waals surface area contributed by atoms with Crippen LogP contribution in [0.2, 0.25) is 0 Å². The first-order valence-corrected chi connectivity index (χ1v) is 11.6. The van der Waals surface area contributed by atoms with Gasteiger partial charge in [0.1, 0.15) is 0 Å². The molecule has 0 bridgehead atoms. The van der Waals surface area contributed by atoms with E-state index < -0.39 is 0 Å². The van der Waals surface area contributed by atoms with Gasteiger partial charge < -0.3 is 20.1 Å². The van der Waals surface area contributed by atoms with Crippen LogP contribution >= 0.6 is 0 Å². The number of guanidine groups is 1. The van der Waals surface area contributed by atoms with Gasteiger partial charge in [-0.1, -0.05) is 31.2 Å². The molecule has 2 atom stereocenters. The molecule has 0 radical (unpaired) electrons. The van der Waals surface area contributed by atoms with E-state index in [-0.39, 0.29) is 0 Å². The lowest BCUT2D eigenvalue weighted by molar-refractivity contribution is 0.0888. The molecule has 2 saturated heterocycles. The van der Waals surface area contributed by atoms with E-state index in [4.69, 9.17) is 9.47 Å². The number of nitrogens with one attached hydrogen (secondary N) is 2. The number of likely N-dealkylation sites (tertiary alicyclic amines) is 1. The fourth-order valence-corrected chi connectivity index (χ4v) is 4.30. The molecule has 1 aromatic rings. The molecular formula is C24H40N4O2. The third-order valence-corrected chi connectivity index (χ3v) is 6.06. The highest BCUT2D eigenvalue weighted by atomic mass is 16.5. The van der Waals surface area contributed by atoms with E-state index in [0.717, 1.165) is 70.8 Å². The zero-order valence-electron chi connectivity index (χ0n) is 18.9. The van der Waals surface area contributed by atoms with Crippen LogP contribution in [0.25, 0.3) is 0 Å². The van der Waals surface area contributed by atoms with Crippen molar-refractivity contribution in [2.24, 2.45) is 16.8 Å². The van der Waals surface area contributed by atoms with Gasteiger partial charge in [-0.2, -0.15) is 0 Å². The maximum Gasteiger partial charge on any atom is 0.191 e. The van der Waals surface area contributed by atoms with Gasteiger partial charge in [0.05, 0.1) is 13.2 Å². The van der Waals surface area contributed by atoms with E-state index in [9.17, 15) is 0 Å². The molecule has 2 aliphatic rings. The van der Waals surface area contributed by atoms with E-state index in [1.165, 1.54) is 37.1 Å².